The summed E-state index contributed by atoms with van der Waals surface area (Å²) in [6.45, 7) is 22.4. The Morgan fingerprint density at radius 1 is 1.16 bits per heavy atom. The number of carbonyl (C=O) groups excluding carboxylic acids is 1. The van der Waals surface area contributed by atoms with Gasteiger partial charge in [0.2, 0.25) is 0 Å². The van der Waals surface area contributed by atoms with E-state index in [0.717, 1.165) is 10.6 Å². The summed E-state index contributed by atoms with van der Waals surface area (Å²) in [4.78, 5) is 11.3. The van der Waals surface area contributed by atoms with E-state index in [1.54, 1.807) is 6.92 Å². The SMILES string of the molecule is CCOC(=O)/C=C/c1ccc(Cl)cc1[Si](C)(C)C.[C-]#[O+].[C-]#[O+].[C-]#[O+].[Cr]. The van der Waals surface area contributed by atoms with E-state index < -0.39 is 8.07 Å². The Bertz CT molecular complexity index is 575. The fourth-order valence-electron chi connectivity index (χ4n) is 1.67. The maximum absolute atomic E-state index is 11.3. The topological polar surface area (TPSA) is 86.0 Å². The average Bonchev–Trinajstić information content (AvgIpc) is 2.58. The zero-order valence-corrected chi connectivity index (χ0v) is 17.5. The van der Waals surface area contributed by atoms with Gasteiger partial charge in [-0.3, -0.25) is 0 Å². The quantitative estimate of drug-likeness (QED) is 0.247. The summed E-state index contributed by atoms with van der Waals surface area (Å²) in [6.07, 6.45) is 3.28. The monoisotopic (exact) mass is 418 g/mol. The van der Waals surface area contributed by atoms with E-state index in [0.29, 0.717) is 6.61 Å². The molecule has 0 radical (unpaired) electrons. The molecule has 8 heteroatoms. The van der Waals surface area contributed by atoms with Crippen LogP contribution in [0.1, 0.15) is 12.5 Å². The van der Waals surface area contributed by atoms with Crippen molar-refractivity contribution in [2.24, 2.45) is 0 Å². The van der Waals surface area contributed by atoms with Gasteiger partial charge in [-0.1, -0.05) is 42.5 Å². The van der Waals surface area contributed by atoms with E-state index in [4.69, 9.17) is 30.3 Å². The second-order valence-corrected chi connectivity index (χ2v) is 10.5. The summed E-state index contributed by atoms with van der Waals surface area (Å²) in [5.41, 5.74) is 1.05. The van der Waals surface area contributed by atoms with E-state index in [1.807, 2.05) is 24.3 Å². The van der Waals surface area contributed by atoms with Gasteiger partial charge in [-0.2, -0.15) is 0 Å². The van der Waals surface area contributed by atoms with Crippen LogP contribution in [0.2, 0.25) is 24.7 Å². The van der Waals surface area contributed by atoms with Crippen LogP contribution >= 0.6 is 11.6 Å². The fourth-order valence-corrected chi connectivity index (χ4v) is 3.56. The molecule has 0 saturated carbocycles. The molecule has 0 aliphatic rings. The van der Waals surface area contributed by atoms with Gasteiger partial charge >= 0.3 is 39.9 Å². The Balaban J connectivity index is -0.000000284. The molecule has 134 valence electrons. The molecule has 0 aliphatic heterocycles. The largest absolute Gasteiger partial charge is 0 e. The average molecular weight is 419 g/mol. The molecule has 1 aromatic rings. The fraction of sp³-hybridized carbons (Fsp3) is 0.294. The zero-order chi connectivity index (χ0) is 19.8. The predicted molar refractivity (Wildman–Crippen MR) is 91.9 cm³/mol. The van der Waals surface area contributed by atoms with Gasteiger partial charge in [-0.25, -0.2) is 4.79 Å². The minimum atomic E-state index is -1.49. The van der Waals surface area contributed by atoms with Gasteiger partial charge in [0.1, 0.15) is 0 Å². The molecule has 0 fully saturated rings. The second kappa shape index (κ2) is 19.0. The van der Waals surface area contributed by atoms with Crippen LogP contribution in [0.25, 0.3) is 6.08 Å². The van der Waals surface area contributed by atoms with Crippen LogP contribution < -0.4 is 5.19 Å². The summed E-state index contributed by atoms with van der Waals surface area (Å²) >= 11 is 6.04. The molecule has 0 atom stereocenters. The van der Waals surface area contributed by atoms with Crippen molar-refractivity contribution in [3.8, 4) is 0 Å². The third kappa shape index (κ3) is 14.7. The normalized spacial score (nSPS) is 8.76. The molecule has 1 aromatic carbocycles. The van der Waals surface area contributed by atoms with Crippen molar-refractivity contribution in [1.82, 2.24) is 0 Å². The molecule has 0 unspecified atom stereocenters. The van der Waals surface area contributed by atoms with Crippen LogP contribution in [-0.2, 0) is 40.8 Å². The molecule has 25 heavy (non-hydrogen) atoms. The minimum absolute atomic E-state index is 0. The van der Waals surface area contributed by atoms with Crippen LogP contribution in [0.4, 0.5) is 0 Å². The number of hydrogen-bond acceptors (Lipinski definition) is 2. The van der Waals surface area contributed by atoms with Crippen molar-refractivity contribution < 1.29 is 40.8 Å². The molecule has 0 bridgehead atoms. The molecule has 0 aromatic heterocycles. The predicted octanol–water partition coefficient (Wildman–Crippen LogP) is 3.35. The molecule has 0 N–H and O–H groups in total. The number of hydrogen-bond donors (Lipinski definition) is 0. The first-order chi connectivity index (χ1) is 11.3. The van der Waals surface area contributed by atoms with Gasteiger partial charge in [0.05, 0.1) is 14.7 Å². The Morgan fingerprint density at radius 2 is 1.64 bits per heavy atom. The standard InChI is InChI=1S/C14H19ClO2Si.3CO.Cr/c1-5-17-14(16)9-7-11-6-8-12(15)10-13(11)18(2,3)4;3*1-2;/h6-10H,5H2,1-4H3;;;;/b9-7+;;;;. The van der Waals surface area contributed by atoms with Crippen molar-refractivity contribution in [2.45, 2.75) is 26.6 Å². The zero-order valence-electron chi connectivity index (χ0n) is 14.4. The van der Waals surface area contributed by atoms with E-state index >= 15 is 0 Å². The number of carbonyl (C=O) groups is 1. The molecule has 5 nitrogen and oxygen atoms in total. The number of benzene rings is 1. The maximum Gasteiger partial charge on any atom is 0 e. The first-order valence-electron chi connectivity index (χ1n) is 6.60. The van der Waals surface area contributed by atoms with Crippen LogP contribution in [-0.4, -0.2) is 20.7 Å². The summed E-state index contributed by atoms with van der Waals surface area (Å²) in [5, 5.41) is 1.98. The van der Waals surface area contributed by atoms with Gasteiger partial charge in [0.25, 0.3) is 0 Å². The van der Waals surface area contributed by atoms with Gasteiger partial charge in [0.15, 0.2) is 0 Å². The van der Waals surface area contributed by atoms with E-state index in [9.17, 15) is 4.79 Å². The summed E-state index contributed by atoms with van der Waals surface area (Å²) in [7, 11) is -1.49. The van der Waals surface area contributed by atoms with Gasteiger partial charge in [-0.05, 0) is 30.7 Å². The molecular weight excluding hydrogens is 400 g/mol. The van der Waals surface area contributed by atoms with Crippen LogP contribution in [0.15, 0.2) is 24.3 Å². The number of rotatable bonds is 4. The third-order valence-corrected chi connectivity index (χ3v) is 4.79. The van der Waals surface area contributed by atoms with Crippen LogP contribution in [0, 0.1) is 20.0 Å². The first kappa shape index (κ1) is 31.5. The Labute approximate surface area is 165 Å². The molecule has 0 saturated heterocycles. The van der Waals surface area contributed by atoms with Gasteiger partial charge in [0, 0.05) is 28.5 Å². The number of ether oxygens (including phenoxy) is 1. The van der Waals surface area contributed by atoms with Crippen molar-refractivity contribution in [2.75, 3.05) is 6.61 Å². The van der Waals surface area contributed by atoms with Crippen molar-refractivity contribution in [3.05, 3.63) is 54.8 Å². The molecular formula is C17H19ClCrO5Si. The van der Waals surface area contributed by atoms with Gasteiger partial charge in [-0.15, -0.1) is 0 Å². The molecule has 0 spiro atoms. The first-order valence-corrected chi connectivity index (χ1v) is 10.5. The second-order valence-electron chi connectivity index (χ2n) is 5.07. The number of halogens is 1. The molecule has 1 rings (SSSR count). The van der Waals surface area contributed by atoms with Crippen LogP contribution in [0.5, 0.6) is 0 Å². The maximum atomic E-state index is 11.3. The summed E-state index contributed by atoms with van der Waals surface area (Å²) in [6, 6.07) is 5.79. The van der Waals surface area contributed by atoms with Gasteiger partial charge < -0.3 is 4.74 Å². The smallest absolute Gasteiger partial charge is 0 e. The third-order valence-electron chi connectivity index (χ3n) is 2.51. The van der Waals surface area contributed by atoms with E-state index in [2.05, 4.69) is 39.6 Å². The Kier molecular flexibility index (Phi) is 23.9. The Hall–Kier alpha value is -1.31. The molecule has 0 aliphatic carbocycles. The van der Waals surface area contributed by atoms with Crippen molar-refractivity contribution in [1.29, 1.82) is 0 Å². The van der Waals surface area contributed by atoms with Crippen molar-refractivity contribution >= 4 is 36.9 Å². The van der Waals surface area contributed by atoms with Crippen molar-refractivity contribution in [3.63, 3.8) is 0 Å². The molecule has 0 heterocycles. The minimum Gasteiger partial charge on any atom is 0 e. The number of esters is 1. The summed E-state index contributed by atoms with van der Waals surface area (Å²) in [5.74, 6) is -0.311. The van der Waals surface area contributed by atoms with E-state index in [1.165, 1.54) is 11.3 Å². The summed E-state index contributed by atoms with van der Waals surface area (Å²) < 4.78 is 27.4. The molecule has 0 amide bonds. The van der Waals surface area contributed by atoms with E-state index in [-0.39, 0.29) is 23.3 Å². The van der Waals surface area contributed by atoms with Crippen LogP contribution in [0.3, 0.4) is 0 Å². The Morgan fingerprint density at radius 3 is 2.04 bits per heavy atom.